The number of hydrogen-bond acceptors (Lipinski definition) is 2. The molecule has 0 aromatic carbocycles. The Morgan fingerprint density at radius 2 is 1.81 bits per heavy atom. The van der Waals surface area contributed by atoms with Gasteiger partial charge in [0.2, 0.25) is 0 Å². The predicted octanol–water partition coefficient (Wildman–Crippen LogP) is 2.48. The Hall–Kier alpha value is -0.0800. The normalized spacial score (nSPS) is 39.8. The lowest BCUT2D eigenvalue weighted by atomic mass is 9.93. The van der Waals surface area contributed by atoms with E-state index in [1.165, 1.54) is 45.1 Å². The van der Waals surface area contributed by atoms with Crippen LogP contribution in [0.15, 0.2) is 0 Å². The van der Waals surface area contributed by atoms with Crippen molar-refractivity contribution in [3.05, 3.63) is 0 Å². The molecule has 4 unspecified atom stereocenters. The molecule has 0 heterocycles. The maximum Gasteiger partial charge on any atom is 0.0133 e. The lowest BCUT2D eigenvalue weighted by molar-refractivity contribution is 0.160. The van der Waals surface area contributed by atoms with E-state index in [-0.39, 0.29) is 0 Å². The largest absolute Gasteiger partial charge is 0.330 e. The van der Waals surface area contributed by atoms with E-state index in [0.717, 1.165) is 30.3 Å². The first-order valence-corrected chi connectivity index (χ1v) is 7.12. The Morgan fingerprint density at radius 1 is 1.12 bits per heavy atom. The molecule has 0 saturated heterocycles. The second-order valence-electron chi connectivity index (χ2n) is 6.11. The fraction of sp³-hybridized carbons (Fsp3) is 1.00. The zero-order valence-electron chi connectivity index (χ0n) is 11.0. The molecule has 0 aromatic rings. The summed E-state index contributed by atoms with van der Waals surface area (Å²) in [7, 11) is 2.32. The topological polar surface area (TPSA) is 29.3 Å². The van der Waals surface area contributed by atoms with Crippen LogP contribution in [0.2, 0.25) is 0 Å². The van der Waals surface area contributed by atoms with Crippen LogP contribution in [0.25, 0.3) is 0 Å². The quantitative estimate of drug-likeness (QED) is 0.743. The summed E-state index contributed by atoms with van der Waals surface area (Å²) in [6.45, 7) is 4.57. The molecule has 4 atom stereocenters. The highest BCUT2D eigenvalue weighted by Crippen LogP contribution is 2.39. The second-order valence-corrected chi connectivity index (χ2v) is 6.11. The van der Waals surface area contributed by atoms with Crippen LogP contribution in [-0.4, -0.2) is 31.1 Å². The van der Waals surface area contributed by atoms with Gasteiger partial charge in [-0.05, 0) is 50.6 Å². The maximum absolute atomic E-state index is 5.95. The van der Waals surface area contributed by atoms with E-state index in [9.17, 15) is 0 Å². The number of rotatable bonds is 4. The molecule has 2 saturated carbocycles. The first-order chi connectivity index (χ1) is 7.72. The van der Waals surface area contributed by atoms with E-state index in [4.69, 9.17) is 5.73 Å². The minimum atomic E-state index is 0.751. The highest BCUT2D eigenvalue weighted by atomic mass is 15.1. The highest BCUT2D eigenvalue weighted by Gasteiger charge is 2.35. The molecule has 94 valence electrons. The molecular weight excluding hydrogens is 196 g/mol. The van der Waals surface area contributed by atoms with Crippen molar-refractivity contribution in [3.63, 3.8) is 0 Å². The lowest BCUT2D eigenvalue weighted by Gasteiger charge is -2.33. The summed E-state index contributed by atoms with van der Waals surface area (Å²) in [6, 6.07) is 0.764. The summed E-state index contributed by atoms with van der Waals surface area (Å²) in [4.78, 5) is 2.62. The van der Waals surface area contributed by atoms with Gasteiger partial charge in [0.05, 0.1) is 0 Å². The molecule has 2 aliphatic rings. The van der Waals surface area contributed by atoms with Gasteiger partial charge >= 0.3 is 0 Å². The predicted molar refractivity (Wildman–Crippen MR) is 69.3 cm³/mol. The first-order valence-electron chi connectivity index (χ1n) is 7.12. The fourth-order valence-corrected chi connectivity index (χ4v) is 3.38. The van der Waals surface area contributed by atoms with Crippen LogP contribution >= 0.6 is 0 Å². The summed E-state index contributed by atoms with van der Waals surface area (Å²) >= 11 is 0. The number of hydrogen-bond donors (Lipinski definition) is 1. The van der Waals surface area contributed by atoms with Gasteiger partial charge in [-0.15, -0.1) is 0 Å². The standard InChI is InChI=1S/C14H28N2/c1-11-8-13(11)10-16(2)14-7-5-3-4-6-12(14)9-15/h11-14H,3-10,15H2,1-2H3. The Morgan fingerprint density at radius 3 is 2.44 bits per heavy atom. The van der Waals surface area contributed by atoms with E-state index in [1.807, 2.05) is 0 Å². The molecule has 0 radical (unpaired) electrons. The van der Waals surface area contributed by atoms with Gasteiger partial charge in [0.1, 0.15) is 0 Å². The van der Waals surface area contributed by atoms with Crippen molar-refractivity contribution < 1.29 is 0 Å². The Balaban J connectivity index is 1.87. The van der Waals surface area contributed by atoms with E-state index in [2.05, 4.69) is 18.9 Å². The maximum atomic E-state index is 5.95. The summed E-state index contributed by atoms with van der Waals surface area (Å²) in [5.74, 6) is 2.71. The van der Waals surface area contributed by atoms with Crippen molar-refractivity contribution in [2.24, 2.45) is 23.5 Å². The Bertz CT molecular complexity index is 217. The van der Waals surface area contributed by atoms with E-state index < -0.39 is 0 Å². The zero-order valence-corrected chi connectivity index (χ0v) is 11.0. The third-order valence-corrected chi connectivity index (χ3v) is 4.79. The van der Waals surface area contributed by atoms with Crippen LogP contribution in [0.1, 0.15) is 45.4 Å². The molecule has 16 heavy (non-hydrogen) atoms. The SMILES string of the molecule is CC1CC1CN(C)C1CCCCCC1CN. The van der Waals surface area contributed by atoms with Crippen molar-refractivity contribution in [2.75, 3.05) is 20.1 Å². The van der Waals surface area contributed by atoms with Crippen LogP contribution < -0.4 is 5.73 Å². The monoisotopic (exact) mass is 224 g/mol. The van der Waals surface area contributed by atoms with Crippen molar-refractivity contribution in [1.82, 2.24) is 4.90 Å². The Labute approximate surface area is 101 Å². The average Bonchev–Trinajstić information content (AvgIpc) is 3.00. The first kappa shape index (κ1) is 12.4. The zero-order chi connectivity index (χ0) is 11.5. The van der Waals surface area contributed by atoms with Gasteiger partial charge in [-0.25, -0.2) is 0 Å². The van der Waals surface area contributed by atoms with Crippen LogP contribution in [0.3, 0.4) is 0 Å². The third-order valence-electron chi connectivity index (χ3n) is 4.79. The van der Waals surface area contributed by atoms with Gasteiger partial charge < -0.3 is 10.6 Å². The molecule has 2 heteroatoms. The number of nitrogens with two attached hydrogens (primary N) is 1. The average molecular weight is 224 g/mol. The lowest BCUT2D eigenvalue weighted by Crippen LogP contribution is -2.41. The van der Waals surface area contributed by atoms with Gasteiger partial charge in [0, 0.05) is 12.6 Å². The van der Waals surface area contributed by atoms with E-state index in [0.29, 0.717) is 0 Å². The summed E-state index contributed by atoms with van der Waals surface area (Å²) in [5, 5.41) is 0. The van der Waals surface area contributed by atoms with Crippen molar-refractivity contribution in [3.8, 4) is 0 Å². The highest BCUT2D eigenvalue weighted by molar-refractivity contribution is 4.88. The molecule has 2 fully saturated rings. The van der Waals surface area contributed by atoms with Crippen LogP contribution in [-0.2, 0) is 0 Å². The molecule has 0 spiro atoms. The van der Waals surface area contributed by atoms with Gasteiger partial charge in [-0.3, -0.25) is 0 Å². The summed E-state index contributed by atoms with van der Waals surface area (Å²) in [6.07, 6.45) is 8.40. The van der Waals surface area contributed by atoms with Gasteiger partial charge in [-0.2, -0.15) is 0 Å². The second kappa shape index (κ2) is 5.50. The smallest absolute Gasteiger partial charge is 0.0133 e. The van der Waals surface area contributed by atoms with Gasteiger partial charge in [-0.1, -0.05) is 26.2 Å². The molecular formula is C14H28N2. The summed E-state index contributed by atoms with van der Waals surface area (Å²) in [5.41, 5.74) is 5.95. The van der Waals surface area contributed by atoms with Crippen LogP contribution in [0.5, 0.6) is 0 Å². The molecule has 2 aliphatic carbocycles. The van der Waals surface area contributed by atoms with Crippen molar-refractivity contribution in [1.29, 1.82) is 0 Å². The van der Waals surface area contributed by atoms with Crippen molar-refractivity contribution >= 4 is 0 Å². The molecule has 0 aliphatic heterocycles. The van der Waals surface area contributed by atoms with Crippen LogP contribution in [0, 0.1) is 17.8 Å². The van der Waals surface area contributed by atoms with E-state index in [1.54, 1.807) is 0 Å². The Kier molecular flexibility index (Phi) is 4.26. The van der Waals surface area contributed by atoms with Gasteiger partial charge in [0.25, 0.3) is 0 Å². The van der Waals surface area contributed by atoms with Crippen LogP contribution in [0.4, 0.5) is 0 Å². The van der Waals surface area contributed by atoms with Crippen molar-refractivity contribution in [2.45, 2.75) is 51.5 Å². The molecule has 2 nitrogen and oxygen atoms in total. The summed E-state index contributed by atoms with van der Waals surface area (Å²) < 4.78 is 0. The molecule has 0 aromatic heterocycles. The molecule has 2 N–H and O–H groups in total. The third kappa shape index (κ3) is 2.98. The minimum Gasteiger partial charge on any atom is -0.330 e. The fourth-order valence-electron chi connectivity index (χ4n) is 3.38. The van der Waals surface area contributed by atoms with E-state index >= 15 is 0 Å². The minimum absolute atomic E-state index is 0.751. The number of nitrogens with zero attached hydrogens (tertiary/aromatic N) is 1. The molecule has 0 bridgehead atoms. The van der Waals surface area contributed by atoms with Gasteiger partial charge in [0.15, 0.2) is 0 Å². The molecule has 2 rings (SSSR count). The molecule has 0 amide bonds.